The van der Waals surface area contributed by atoms with E-state index >= 15 is 0 Å². The zero-order valence-electron chi connectivity index (χ0n) is 14.4. The number of nitrogens with one attached hydrogen (secondary N) is 1. The van der Waals surface area contributed by atoms with Crippen molar-refractivity contribution in [1.29, 1.82) is 0 Å². The summed E-state index contributed by atoms with van der Waals surface area (Å²) < 4.78 is 17.8. The van der Waals surface area contributed by atoms with Crippen LogP contribution in [0.5, 0.6) is 17.2 Å². The van der Waals surface area contributed by atoms with E-state index in [1.807, 2.05) is 19.2 Å². The Morgan fingerprint density at radius 3 is 2.54 bits per heavy atom. The van der Waals surface area contributed by atoms with Gasteiger partial charge in [0.1, 0.15) is 0 Å². The molecule has 0 aliphatic heterocycles. The molecule has 1 heterocycles. The third kappa shape index (κ3) is 4.51. The third-order valence-electron chi connectivity index (χ3n) is 3.41. The molecule has 132 valence electrons. The highest BCUT2D eigenvalue weighted by Gasteiger charge is 2.15. The lowest BCUT2D eigenvalue weighted by molar-refractivity contribution is 0.321. The Labute approximate surface area is 145 Å². The molecule has 0 fully saturated rings. The van der Waals surface area contributed by atoms with Gasteiger partial charge >= 0.3 is 0 Å². The minimum atomic E-state index is 0.615. The molecule has 24 heavy (non-hydrogen) atoms. The molecule has 0 atom stereocenters. The molecule has 2 aromatic rings. The Morgan fingerprint density at radius 2 is 1.92 bits per heavy atom. The van der Waals surface area contributed by atoms with Gasteiger partial charge in [0.25, 0.3) is 0 Å². The molecular formula is C15H23N5O3S. The molecule has 8 nitrogen and oxygen atoms in total. The zero-order valence-corrected chi connectivity index (χ0v) is 15.2. The van der Waals surface area contributed by atoms with Crippen LogP contribution in [0, 0.1) is 0 Å². The molecule has 9 heteroatoms. The van der Waals surface area contributed by atoms with Crippen molar-refractivity contribution in [3.8, 4) is 17.2 Å². The second-order valence-corrected chi connectivity index (χ2v) is 6.02. The number of hydrogen-bond acceptors (Lipinski definition) is 8. The zero-order chi connectivity index (χ0) is 17.4. The summed E-state index contributed by atoms with van der Waals surface area (Å²) in [5, 5.41) is 15.6. The molecule has 0 aliphatic rings. The van der Waals surface area contributed by atoms with Crippen molar-refractivity contribution in [3.63, 3.8) is 0 Å². The molecule has 0 amide bonds. The highest BCUT2D eigenvalue weighted by atomic mass is 32.2. The maximum absolute atomic E-state index is 5.48. The smallest absolute Gasteiger partial charge is 0.209 e. The van der Waals surface area contributed by atoms with Gasteiger partial charge in [-0.2, -0.15) is 0 Å². The summed E-state index contributed by atoms with van der Waals surface area (Å²) in [6.45, 7) is 1.58. The first kappa shape index (κ1) is 18.3. The van der Waals surface area contributed by atoms with Crippen molar-refractivity contribution in [1.82, 2.24) is 25.5 Å². The van der Waals surface area contributed by atoms with Crippen LogP contribution in [0.1, 0.15) is 12.0 Å². The van der Waals surface area contributed by atoms with E-state index in [0.29, 0.717) is 23.8 Å². The number of nitrogens with zero attached hydrogens (tertiary/aromatic N) is 4. The van der Waals surface area contributed by atoms with Crippen molar-refractivity contribution in [2.45, 2.75) is 18.1 Å². The van der Waals surface area contributed by atoms with Crippen LogP contribution >= 0.6 is 11.8 Å². The van der Waals surface area contributed by atoms with E-state index in [9.17, 15) is 0 Å². The molecule has 0 bridgehead atoms. The number of hydrogen-bond donors (Lipinski definition) is 1. The predicted octanol–water partition coefficient (Wildman–Crippen LogP) is 1.51. The topological polar surface area (TPSA) is 83.3 Å². The van der Waals surface area contributed by atoms with Crippen LogP contribution in [-0.4, -0.2) is 53.8 Å². The van der Waals surface area contributed by atoms with Gasteiger partial charge in [0.15, 0.2) is 11.5 Å². The Hall–Kier alpha value is -2.00. The van der Waals surface area contributed by atoms with Gasteiger partial charge in [0.05, 0.1) is 21.3 Å². The van der Waals surface area contributed by atoms with Gasteiger partial charge in [-0.05, 0) is 29.5 Å². The van der Waals surface area contributed by atoms with E-state index in [4.69, 9.17) is 14.2 Å². The fraction of sp³-hybridized carbons (Fsp3) is 0.533. The van der Waals surface area contributed by atoms with E-state index in [1.165, 1.54) is 0 Å². The van der Waals surface area contributed by atoms with Crippen LogP contribution in [-0.2, 0) is 13.6 Å². The van der Waals surface area contributed by atoms with Crippen molar-refractivity contribution >= 4 is 11.8 Å². The van der Waals surface area contributed by atoms with Crippen molar-refractivity contribution in [3.05, 3.63) is 17.7 Å². The maximum atomic E-state index is 5.48. The Balaban J connectivity index is 1.80. The molecule has 1 N–H and O–H groups in total. The van der Waals surface area contributed by atoms with Gasteiger partial charge in [-0.15, -0.1) is 5.10 Å². The molecular weight excluding hydrogens is 330 g/mol. The van der Waals surface area contributed by atoms with Crippen LogP contribution < -0.4 is 19.5 Å². The quantitative estimate of drug-likeness (QED) is 0.508. The monoisotopic (exact) mass is 353 g/mol. The Bertz CT molecular complexity index is 650. The minimum absolute atomic E-state index is 0.615. The third-order valence-corrected chi connectivity index (χ3v) is 4.51. The fourth-order valence-electron chi connectivity index (χ4n) is 2.23. The molecule has 0 unspecified atom stereocenters. The number of ether oxygens (including phenoxy) is 3. The maximum Gasteiger partial charge on any atom is 0.209 e. The van der Waals surface area contributed by atoms with Crippen LogP contribution in [0.2, 0.25) is 0 Å². The Kier molecular flexibility index (Phi) is 7.13. The van der Waals surface area contributed by atoms with Crippen LogP contribution in [0.4, 0.5) is 0 Å². The van der Waals surface area contributed by atoms with Crippen molar-refractivity contribution in [2.24, 2.45) is 7.05 Å². The number of aryl methyl sites for hydroxylation is 1. The Morgan fingerprint density at radius 1 is 1.12 bits per heavy atom. The number of aromatic nitrogens is 4. The lowest BCUT2D eigenvalue weighted by Crippen LogP contribution is -2.16. The number of rotatable bonds is 10. The van der Waals surface area contributed by atoms with Gasteiger partial charge in [0, 0.05) is 24.9 Å². The summed E-state index contributed by atoms with van der Waals surface area (Å²) in [5.41, 5.74) is 1.03. The molecule has 1 aromatic heterocycles. The molecule has 2 rings (SSSR count). The predicted molar refractivity (Wildman–Crippen MR) is 91.9 cm³/mol. The normalized spacial score (nSPS) is 10.7. The van der Waals surface area contributed by atoms with E-state index in [2.05, 4.69) is 20.8 Å². The highest BCUT2D eigenvalue weighted by molar-refractivity contribution is 7.99. The number of tetrazole rings is 1. The van der Waals surface area contributed by atoms with Gasteiger partial charge in [-0.3, -0.25) is 0 Å². The largest absolute Gasteiger partial charge is 0.493 e. The summed E-state index contributed by atoms with van der Waals surface area (Å²) in [4.78, 5) is 0. The number of benzene rings is 1. The standard InChI is InChI=1S/C15H23N5O3S/c1-20-15(17-18-19-20)24-9-5-8-16-10-11-6-7-12(21-2)14(23-4)13(11)22-3/h6-7,16H,5,8-10H2,1-4H3. The molecule has 0 spiro atoms. The molecule has 0 radical (unpaired) electrons. The molecule has 1 aromatic carbocycles. The van der Waals surface area contributed by atoms with E-state index in [0.717, 1.165) is 29.4 Å². The molecule has 0 saturated carbocycles. The number of thioether (sulfide) groups is 1. The van der Waals surface area contributed by atoms with E-state index < -0.39 is 0 Å². The van der Waals surface area contributed by atoms with Crippen LogP contribution in [0.15, 0.2) is 17.3 Å². The van der Waals surface area contributed by atoms with Crippen molar-refractivity contribution < 1.29 is 14.2 Å². The summed E-state index contributed by atoms with van der Waals surface area (Å²) in [7, 11) is 6.69. The molecule has 0 saturated heterocycles. The van der Waals surface area contributed by atoms with E-state index in [-0.39, 0.29) is 0 Å². The first-order valence-electron chi connectivity index (χ1n) is 7.55. The summed E-state index contributed by atoms with van der Waals surface area (Å²) >= 11 is 1.64. The lowest BCUT2D eigenvalue weighted by atomic mass is 10.1. The van der Waals surface area contributed by atoms with Gasteiger partial charge < -0.3 is 19.5 Å². The van der Waals surface area contributed by atoms with Gasteiger partial charge in [-0.1, -0.05) is 17.8 Å². The highest BCUT2D eigenvalue weighted by Crippen LogP contribution is 2.39. The molecule has 0 aliphatic carbocycles. The fourth-order valence-corrected chi connectivity index (χ4v) is 3.02. The van der Waals surface area contributed by atoms with Gasteiger partial charge in [0.2, 0.25) is 10.9 Å². The summed E-state index contributed by atoms with van der Waals surface area (Å²) in [6, 6.07) is 3.86. The van der Waals surface area contributed by atoms with Crippen LogP contribution in [0.3, 0.4) is 0 Å². The average Bonchev–Trinajstić information content (AvgIpc) is 3.01. The van der Waals surface area contributed by atoms with Crippen LogP contribution in [0.25, 0.3) is 0 Å². The number of methoxy groups -OCH3 is 3. The second kappa shape index (κ2) is 9.33. The second-order valence-electron chi connectivity index (χ2n) is 4.96. The minimum Gasteiger partial charge on any atom is -0.493 e. The summed E-state index contributed by atoms with van der Waals surface area (Å²) in [6.07, 6.45) is 1.01. The van der Waals surface area contributed by atoms with E-state index in [1.54, 1.807) is 37.8 Å². The summed E-state index contributed by atoms with van der Waals surface area (Å²) in [5.74, 6) is 2.92. The first-order chi connectivity index (χ1) is 11.7. The SMILES string of the molecule is COc1ccc(CNCCCSc2nnnn2C)c(OC)c1OC. The average molecular weight is 353 g/mol. The lowest BCUT2D eigenvalue weighted by Gasteiger charge is -2.16. The first-order valence-corrected chi connectivity index (χ1v) is 8.53. The van der Waals surface area contributed by atoms with Gasteiger partial charge in [-0.25, -0.2) is 4.68 Å². The van der Waals surface area contributed by atoms with Crippen molar-refractivity contribution in [2.75, 3.05) is 33.6 Å².